The summed E-state index contributed by atoms with van der Waals surface area (Å²) < 4.78 is 8.02. The van der Waals surface area contributed by atoms with E-state index in [-0.39, 0.29) is 17.2 Å². The van der Waals surface area contributed by atoms with Crippen molar-refractivity contribution in [2.45, 2.75) is 64.8 Å². The van der Waals surface area contributed by atoms with Gasteiger partial charge in [0.15, 0.2) is 5.78 Å². The van der Waals surface area contributed by atoms with Crippen LogP contribution >= 0.6 is 11.8 Å². The highest BCUT2D eigenvalue weighted by molar-refractivity contribution is 7.99. The molecule has 6 nitrogen and oxygen atoms in total. The molecule has 0 radical (unpaired) electrons. The van der Waals surface area contributed by atoms with Crippen LogP contribution in [0.2, 0.25) is 0 Å². The van der Waals surface area contributed by atoms with Crippen LogP contribution in [0.15, 0.2) is 65.0 Å². The first-order valence-corrected chi connectivity index (χ1v) is 13.2. The molecular weight excluding hydrogens is 456 g/mol. The molecule has 182 valence electrons. The molecule has 35 heavy (non-hydrogen) atoms. The van der Waals surface area contributed by atoms with E-state index in [1.807, 2.05) is 22.9 Å². The molecule has 0 amide bonds. The minimum Gasteiger partial charge on any atom is -0.489 e. The molecule has 2 heterocycles. The van der Waals surface area contributed by atoms with Crippen molar-refractivity contribution in [3.05, 3.63) is 76.5 Å². The first-order valence-electron chi connectivity index (χ1n) is 12.2. The Morgan fingerprint density at radius 3 is 2.74 bits per heavy atom. The van der Waals surface area contributed by atoms with Crippen LogP contribution in [0.4, 0.5) is 5.95 Å². The standard InChI is InChI=1S/C28H32N4O2S/c1-5-13-35-27-30-26-29-22-15-28(3,4)16-23(33)24(22)25(32(26)31-27)20-7-6-8-21(14-20)34-17-19-11-9-18(2)10-12-19/h6-12,14,25H,5,13,15-17H2,1-4H3,(H,29,30,31). The molecule has 2 aromatic carbocycles. The Morgan fingerprint density at radius 1 is 1.17 bits per heavy atom. The van der Waals surface area contributed by atoms with E-state index in [9.17, 15) is 4.79 Å². The molecule has 0 bridgehead atoms. The fraction of sp³-hybridized carbons (Fsp3) is 0.393. The maximum Gasteiger partial charge on any atom is 0.227 e. The van der Waals surface area contributed by atoms with Gasteiger partial charge in [-0.15, -0.1) is 5.10 Å². The third-order valence-corrected chi connectivity index (χ3v) is 7.49. The Labute approximate surface area is 211 Å². The van der Waals surface area contributed by atoms with Crippen LogP contribution in [0.1, 0.15) is 62.8 Å². The van der Waals surface area contributed by atoms with Crippen molar-refractivity contribution >= 4 is 23.5 Å². The number of aryl methyl sites for hydroxylation is 1. The van der Waals surface area contributed by atoms with Gasteiger partial charge in [0.25, 0.3) is 0 Å². The number of allylic oxidation sites excluding steroid dienone is 2. The second kappa shape index (κ2) is 9.53. The number of benzene rings is 2. The van der Waals surface area contributed by atoms with Crippen molar-refractivity contribution in [3.63, 3.8) is 0 Å². The van der Waals surface area contributed by atoms with E-state index in [2.05, 4.69) is 63.3 Å². The fourth-order valence-electron chi connectivity index (χ4n) is 4.78. The normalized spacial score (nSPS) is 18.6. The molecule has 0 saturated carbocycles. The summed E-state index contributed by atoms with van der Waals surface area (Å²) in [7, 11) is 0. The molecule has 1 aromatic heterocycles. The monoisotopic (exact) mass is 488 g/mol. The number of aromatic nitrogens is 3. The first-order chi connectivity index (χ1) is 16.8. The quantitative estimate of drug-likeness (QED) is 0.392. The number of carbonyl (C=O) groups excluding carboxylic acids is 1. The molecule has 1 unspecified atom stereocenters. The highest BCUT2D eigenvalue weighted by atomic mass is 32.2. The number of hydrogen-bond acceptors (Lipinski definition) is 6. The molecule has 1 aliphatic heterocycles. The molecule has 1 aliphatic carbocycles. The zero-order valence-electron chi connectivity index (χ0n) is 20.8. The lowest BCUT2D eigenvalue weighted by Gasteiger charge is -2.38. The lowest BCUT2D eigenvalue weighted by atomic mass is 9.73. The van der Waals surface area contributed by atoms with E-state index in [0.29, 0.717) is 19.0 Å². The van der Waals surface area contributed by atoms with Gasteiger partial charge in [-0.05, 0) is 48.4 Å². The zero-order chi connectivity index (χ0) is 24.6. The molecular formula is C28H32N4O2S. The Hall–Kier alpha value is -3.06. The number of hydrogen-bond donors (Lipinski definition) is 1. The summed E-state index contributed by atoms with van der Waals surface area (Å²) in [6.07, 6.45) is 2.38. The van der Waals surface area contributed by atoms with Crippen LogP contribution in [-0.2, 0) is 11.4 Å². The molecule has 2 aliphatic rings. The average molecular weight is 489 g/mol. The van der Waals surface area contributed by atoms with E-state index in [0.717, 1.165) is 51.9 Å². The van der Waals surface area contributed by atoms with Gasteiger partial charge >= 0.3 is 0 Å². The van der Waals surface area contributed by atoms with Crippen molar-refractivity contribution in [3.8, 4) is 5.75 Å². The highest BCUT2D eigenvalue weighted by Gasteiger charge is 2.42. The number of nitrogens with zero attached hydrogens (tertiary/aromatic N) is 3. The minimum atomic E-state index is -0.323. The summed E-state index contributed by atoms with van der Waals surface area (Å²) in [6, 6.07) is 16.1. The summed E-state index contributed by atoms with van der Waals surface area (Å²) in [4.78, 5) is 18.2. The molecule has 1 N–H and O–H groups in total. The molecule has 0 saturated heterocycles. The van der Waals surface area contributed by atoms with E-state index >= 15 is 0 Å². The minimum absolute atomic E-state index is 0.0888. The number of Topliss-reactive ketones (excluding diaryl/α,β-unsaturated/α-hetero) is 1. The van der Waals surface area contributed by atoms with Crippen LogP contribution in [0.3, 0.4) is 0 Å². The number of anilines is 1. The first kappa shape index (κ1) is 23.7. The lowest BCUT2D eigenvalue weighted by molar-refractivity contribution is -0.118. The van der Waals surface area contributed by atoms with Crippen LogP contribution in [0.5, 0.6) is 5.75 Å². The summed E-state index contributed by atoms with van der Waals surface area (Å²) in [5, 5.41) is 9.00. The number of ketones is 1. The van der Waals surface area contributed by atoms with Crippen LogP contribution < -0.4 is 10.1 Å². The molecule has 0 spiro atoms. The van der Waals surface area contributed by atoms with E-state index in [1.54, 1.807) is 11.8 Å². The van der Waals surface area contributed by atoms with E-state index in [4.69, 9.17) is 14.8 Å². The summed E-state index contributed by atoms with van der Waals surface area (Å²) >= 11 is 1.64. The van der Waals surface area contributed by atoms with Gasteiger partial charge in [-0.1, -0.05) is 74.5 Å². The highest BCUT2D eigenvalue weighted by Crippen LogP contribution is 2.46. The van der Waals surface area contributed by atoms with Crippen LogP contribution in [0, 0.1) is 12.3 Å². The molecule has 0 fully saturated rings. The third-order valence-electron chi connectivity index (χ3n) is 6.45. The summed E-state index contributed by atoms with van der Waals surface area (Å²) in [6.45, 7) is 9.00. The van der Waals surface area contributed by atoms with Gasteiger partial charge in [0, 0.05) is 23.4 Å². The topological polar surface area (TPSA) is 69.0 Å². The molecule has 7 heteroatoms. The fourth-order valence-corrected chi connectivity index (χ4v) is 5.46. The largest absolute Gasteiger partial charge is 0.489 e. The maximum absolute atomic E-state index is 13.4. The second-order valence-corrected chi connectivity index (χ2v) is 11.3. The van der Waals surface area contributed by atoms with Crippen molar-refractivity contribution in [2.75, 3.05) is 11.1 Å². The van der Waals surface area contributed by atoms with Gasteiger partial charge in [0.1, 0.15) is 18.4 Å². The predicted molar refractivity (Wildman–Crippen MR) is 140 cm³/mol. The van der Waals surface area contributed by atoms with E-state index in [1.165, 1.54) is 5.56 Å². The van der Waals surface area contributed by atoms with Crippen molar-refractivity contribution in [1.29, 1.82) is 0 Å². The predicted octanol–water partition coefficient (Wildman–Crippen LogP) is 6.33. The van der Waals surface area contributed by atoms with Crippen LogP contribution in [0.25, 0.3) is 0 Å². The van der Waals surface area contributed by atoms with Crippen molar-refractivity contribution < 1.29 is 9.53 Å². The molecule has 1 atom stereocenters. The Balaban J connectivity index is 1.50. The van der Waals surface area contributed by atoms with Gasteiger partial charge in [-0.25, -0.2) is 4.68 Å². The lowest BCUT2D eigenvalue weighted by Crippen LogP contribution is -2.36. The SMILES string of the molecule is CCCSc1nc2n(n1)C(c1cccc(OCc3ccc(C)cc3)c1)C1=C(CC(C)(C)CC1=O)N2. The maximum atomic E-state index is 13.4. The van der Waals surface area contributed by atoms with Gasteiger partial charge in [-0.2, -0.15) is 4.98 Å². The Kier molecular flexibility index (Phi) is 6.45. The zero-order valence-corrected chi connectivity index (χ0v) is 21.6. The second-order valence-electron chi connectivity index (χ2n) is 10.2. The van der Waals surface area contributed by atoms with Gasteiger partial charge in [-0.3, -0.25) is 4.79 Å². The van der Waals surface area contributed by atoms with Gasteiger partial charge in [0.2, 0.25) is 11.1 Å². The number of carbonyl (C=O) groups is 1. The number of ether oxygens (including phenoxy) is 1. The molecule has 3 aromatic rings. The van der Waals surface area contributed by atoms with Crippen LogP contribution in [-0.4, -0.2) is 26.3 Å². The third kappa shape index (κ3) is 5.01. The molecule has 5 rings (SSSR count). The van der Waals surface area contributed by atoms with Gasteiger partial charge in [0.05, 0.1) is 0 Å². The number of fused-ring (bicyclic) bond motifs is 1. The van der Waals surface area contributed by atoms with Crippen molar-refractivity contribution in [1.82, 2.24) is 14.8 Å². The van der Waals surface area contributed by atoms with Gasteiger partial charge < -0.3 is 10.1 Å². The number of thioether (sulfide) groups is 1. The summed E-state index contributed by atoms with van der Waals surface area (Å²) in [5.74, 6) is 2.59. The summed E-state index contributed by atoms with van der Waals surface area (Å²) in [5.41, 5.74) is 5.00. The van der Waals surface area contributed by atoms with E-state index < -0.39 is 0 Å². The number of rotatable bonds is 7. The smallest absolute Gasteiger partial charge is 0.227 e. The number of nitrogens with one attached hydrogen (secondary N) is 1. The average Bonchev–Trinajstić information content (AvgIpc) is 3.23. The Bertz CT molecular complexity index is 1280. The Morgan fingerprint density at radius 2 is 1.97 bits per heavy atom. The van der Waals surface area contributed by atoms with Crippen molar-refractivity contribution in [2.24, 2.45) is 5.41 Å².